The van der Waals surface area contributed by atoms with Gasteiger partial charge in [0.2, 0.25) is 5.91 Å². The monoisotopic (exact) mass is 459 g/mol. The highest BCUT2D eigenvalue weighted by atomic mass is 16.3. The first-order chi connectivity index (χ1) is 16.4. The summed E-state index contributed by atoms with van der Waals surface area (Å²) in [6.07, 6.45) is 10.3. The molecule has 178 valence electrons. The molecule has 6 nitrogen and oxygen atoms in total. The number of rotatable bonds is 5. The number of benzene rings is 1. The van der Waals surface area contributed by atoms with Crippen LogP contribution in [0.3, 0.4) is 0 Å². The van der Waals surface area contributed by atoms with E-state index in [-0.39, 0.29) is 35.6 Å². The molecule has 1 aromatic carbocycles. The lowest BCUT2D eigenvalue weighted by molar-refractivity contribution is -0.121. The Bertz CT molecular complexity index is 1130. The fraction of sp³-hybridized carbons (Fsp3) is 0.429. The second-order valence-corrected chi connectivity index (χ2v) is 10.4. The summed E-state index contributed by atoms with van der Waals surface area (Å²) in [6, 6.07) is 11.6. The second kappa shape index (κ2) is 9.16. The van der Waals surface area contributed by atoms with Crippen LogP contribution in [0.4, 0.5) is 11.4 Å². The molecule has 2 aliphatic carbocycles. The van der Waals surface area contributed by atoms with Gasteiger partial charge in [-0.25, -0.2) is 0 Å². The molecule has 0 saturated heterocycles. The Labute approximate surface area is 201 Å². The molecule has 2 atom stereocenters. The number of Topliss-reactive ketones (excluding diaryl/α,β-unsaturated/α-hetero) is 1. The maximum Gasteiger partial charge on any atom is 0.239 e. The van der Waals surface area contributed by atoms with Crippen LogP contribution in [0.25, 0.3) is 0 Å². The zero-order chi connectivity index (χ0) is 23.7. The summed E-state index contributed by atoms with van der Waals surface area (Å²) < 4.78 is 5.37. The third-order valence-corrected chi connectivity index (χ3v) is 7.16. The van der Waals surface area contributed by atoms with E-state index in [2.05, 4.69) is 47.6 Å². The number of nitrogens with one attached hydrogen (secondary N) is 2. The first-order valence-corrected chi connectivity index (χ1v) is 12.2. The Kier molecular flexibility index (Phi) is 6.07. The minimum Gasteiger partial charge on any atom is -0.467 e. The molecule has 1 aliphatic heterocycles. The average molecular weight is 460 g/mol. The van der Waals surface area contributed by atoms with Crippen LogP contribution in [0.5, 0.6) is 0 Å². The summed E-state index contributed by atoms with van der Waals surface area (Å²) >= 11 is 0. The molecule has 6 heteroatoms. The van der Waals surface area contributed by atoms with Crippen molar-refractivity contribution in [2.45, 2.75) is 58.5 Å². The summed E-state index contributed by atoms with van der Waals surface area (Å²) in [7, 11) is 0. The Morgan fingerprint density at radius 1 is 1.18 bits per heavy atom. The number of carbonyl (C=O) groups excluding carboxylic acids is 2. The van der Waals surface area contributed by atoms with Crippen LogP contribution in [0.15, 0.2) is 70.5 Å². The van der Waals surface area contributed by atoms with Crippen molar-refractivity contribution in [1.29, 1.82) is 0 Å². The number of furan rings is 1. The van der Waals surface area contributed by atoms with Crippen molar-refractivity contribution in [3.8, 4) is 0 Å². The van der Waals surface area contributed by atoms with E-state index in [1.165, 1.54) is 0 Å². The Balaban J connectivity index is 1.55. The molecule has 1 amide bonds. The van der Waals surface area contributed by atoms with Gasteiger partial charge in [-0.3, -0.25) is 9.59 Å². The molecule has 5 rings (SSSR count). The van der Waals surface area contributed by atoms with Gasteiger partial charge in [0.15, 0.2) is 5.78 Å². The van der Waals surface area contributed by atoms with Crippen LogP contribution in [-0.2, 0) is 16.1 Å². The van der Waals surface area contributed by atoms with Gasteiger partial charge < -0.3 is 20.0 Å². The number of anilines is 2. The van der Waals surface area contributed by atoms with Crippen molar-refractivity contribution >= 4 is 23.1 Å². The molecule has 0 fully saturated rings. The van der Waals surface area contributed by atoms with Gasteiger partial charge in [-0.05, 0) is 61.3 Å². The standard InChI is InChI=1S/C28H33N3O3/c1-28(2)15-22-26(24(32)16-28)27(19-9-4-3-5-10-19)31(23-13-7-6-12-21(23)30-22)18-25(33)29-17-20-11-8-14-34-20/h3-4,6-8,11-14,19,27,30H,5,9-10,15-18H2,1-2H3,(H,29,33). The molecule has 3 aliphatic rings. The molecule has 0 bridgehead atoms. The quantitative estimate of drug-likeness (QED) is 0.602. The zero-order valence-corrected chi connectivity index (χ0v) is 20.0. The molecule has 0 spiro atoms. The maximum atomic E-state index is 13.7. The third-order valence-electron chi connectivity index (χ3n) is 7.16. The van der Waals surface area contributed by atoms with Crippen LogP contribution in [0, 0.1) is 11.3 Å². The molecular weight excluding hydrogens is 426 g/mol. The van der Waals surface area contributed by atoms with Crippen molar-refractivity contribution < 1.29 is 14.0 Å². The van der Waals surface area contributed by atoms with Crippen molar-refractivity contribution in [3.05, 3.63) is 71.8 Å². The fourth-order valence-electron chi connectivity index (χ4n) is 5.67. The SMILES string of the molecule is CC1(C)CC(=O)C2=C(C1)Nc1ccccc1N(CC(=O)NCc1ccco1)C2C1CC=CCC1. The summed E-state index contributed by atoms with van der Waals surface area (Å²) in [5, 5.41) is 6.62. The third kappa shape index (κ3) is 4.54. The Morgan fingerprint density at radius 3 is 2.79 bits per heavy atom. The van der Waals surface area contributed by atoms with Crippen molar-refractivity contribution in [2.24, 2.45) is 11.3 Å². The molecule has 2 heterocycles. The topological polar surface area (TPSA) is 74.6 Å². The zero-order valence-electron chi connectivity index (χ0n) is 20.0. The molecule has 2 aromatic rings. The molecular formula is C28H33N3O3. The molecule has 2 unspecified atom stereocenters. The van der Waals surface area contributed by atoms with E-state index in [1.54, 1.807) is 6.26 Å². The minimum absolute atomic E-state index is 0.0878. The average Bonchev–Trinajstić information content (AvgIpc) is 3.29. The van der Waals surface area contributed by atoms with Crippen molar-refractivity contribution in [1.82, 2.24) is 5.32 Å². The van der Waals surface area contributed by atoms with Gasteiger partial charge in [0.05, 0.1) is 36.8 Å². The number of carbonyl (C=O) groups is 2. The van der Waals surface area contributed by atoms with Gasteiger partial charge >= 0.3 is 0 Å². The number of hydrogen-bond donors (Lipinski definition) is 2. The van der Waals surface area contributed by atoms with E-state index in [4.69, 9.17) is 4.42 Å². The molecule has 1 aromatic heterocycles. The first-order valence-electron chi connectivity index (χ1n) is 12.2. The van der Waals surface area contributed by atoms with Gasteiger partial charge in [0, 0.05) is 17.7 Å². The number of allylic oxidation sites excluding steroid dienone is 3. The largest absolute Gasteiger partial charge is 0.467 e. The number of amides is 1. The normalized spacial score (nSPS) is 23.6. The van der Waals surface area contributed by atoms with E-state index in [9.17, 15) is 9.59 Å². The van der Waals surface area contributed by atoms with Crippen LogP contribution in [-0.4, -0.2) is 24.3 Å². The number of fused-ring (bicyclic) bond motifs is 1. The molecule has 0 saturated carbocycles. The molecule has 2 N–H and O–H groups in total. The van der Waals surface area contributed by atoms with E-state index < -0.39 is 0 Å². The molecule has 34 heavy (non-hydrogen) atoms. The molecule has 0 radical (unpaired) electrons. The van der Waals surface area contributed by atoms with Crippen LogP contribution in [0.2, 0.25) is 0 Å². The number of nitrogens with zero attached hydrogens (tertiary/aromatic N) is 1. The Morgan fingerprint density at radius 2 is 2.03 bits per heavy atom. The van der Waals surface area contributed by atoms with Crippen LogP contribution < -0.4 is 15.5 Å². The number of ketones is 1. The fourth-order valence-corrected chi connectivity index (χ4v) is 5.67. The van der Waals surface area contributed by atoms with E-state index in [0.29, 0.717) is 13.0 Å². The predicted octanol–water partition coefficient (Wildman–Crippen LogP) is 5.20. The summed E-state index contributed by atoms with van der Waals surface area (Å²) in [6.45, 7) is 4.84. The highest BCUT2D eigenvalue weighted by molar-refractivity contribution is 6.01. The lowest BCUT2D eigenvalue weighted by Gasteiger charge is -2.41. The maximum absolute atomic E-state index is 13.7. The smallest absolute Gasteiger partial charge is 0.239 e. The van der Waals surface area contributed by atoms with E-state index >= 15 is 0 Å². The lowest BCUT2D eigenvalue weighted by atomic mass is 9.71. The van der Waals surface area contributed by atoms with Gasteiger partial charge in [0.25, 0.3) is 0 Å². The lowest BCUT2D eigenvalue weighted by Crippen LogP contribution is -2.49. The van der Waals surface area contributed by atoms with Gasteiger partial charge in [-0.1, -0.05) is 38.1 Å². The highest BCUT2D eigenvalue weighted by Crippen LogP contribution is 2.46. The Hall–Kier alpha value is -3.28. The minimum atomic E-state index is -0.144. The van der Waals surface area contributed by atoms with Crippen molar-refractivity contribution in [3.63, 3.8) is 0 Å². The predicted molar refractivity (Wildman–Crippen MR) is 133 cm³/mol. The number of para-hydroxylation sites is 2. The first kappa shape index (κ1) is 22.5. The van der Waals surface area contributed by atoms with E-state index in [0.717, 1.165) is 54.1 Å². The van der Waals surface area contributed by atoms with Crippen molar-refractivity contribution in [2.75, 3.05) is 16.8 Å². The van der Waals surface area contributed by atoms with Gasteiger partial charge in [-0.15, -0.1) is 0 Å². The summed E-state index contributed by atoms with van der Waals surface area (Å²) in [5.74, 6) is 1.10. The highest BCUT2D eigenvalue weighted by Gasteiger charge is 2.43. The second-order valence-electron chi connectivity index (χ2n) is 10.4. The summed E-state index contributed by atoms with van der Waals surface area (Å²) in [4.78, 5) is 29.0. The number of hydrogen-bond acceptors (Lipinski definition) is 5. The van der Waals surface area contributed by atoms with Gasteiger partial charge in [0.1, 0.15) is 5.76 Å². The van der Waals surface area contributed by atoms with Gasteiger partial charge in [-0.2, -0.15) is 0 Å². The van der Waals surface area contributed by atoms with Crippen LogP contribution >= 0.6 is 0 Å². The van der Waals surface area contributed by atoms with Crippen LogP contribution in [0.1, 0.15) is 51.7 Å². The summed E-state index contributed by atoms with van der Waals surface area (Å²) in [5.41, 5.74) is 3.72. The van der Waals surface area contributed by atoms with E-state index in [1.807, 2.05) is 30.3 Å².